The molecule has 8 heterocycles. The van der Waals surface area contributed by atoms with Crippen molar-refractivity contribution in [3.63, 3.8) is 0 Å². The van der Waals surface area contributed by atoms with E-state index < -0.39 is 0 Å². The number of aliphatic hydroxyl groups is 3. The normalized spacial score (nSPS) is 21.9. The van der Waals surface area contributed by atoms with Crippen molar-refractivity contribution in [2.24, 2.45) is 0 Å². The Bertz CT molecular complexity index is 3660. The molecule has 8 aliphatic heterocycles. The highest BCUT2D eigenvalue weighted by Gasteiger charge is 2.42. The van der Waals surface area contributed by atoms with Crippen molar-refractivity contribution in [1.82, 2.24) is 19.6 Å². The Labute approximate surface area is 595 Å². The van der Waals surface area contributed by atoms with E-state index in [0.717, 1.165) is 242 Å². The molecule has 7 N–H and O–H groups in total. The zero-order valence-corrected chi connectivity index (χ0v) is 57.6. The number of carbonyl (C=O) groups excluding carboxylic acids is 1. The predicted molar refractivity (Wildman–Crippen MR) is 398 cm³/mol. The number of piperidine rings is 4. The molecular formula is C85H102F4N8O4. The third-order valence-corrected chi connectivity index (χ3v) is 22.8. The number of anilines is 4. The number of carbonyl (C=O) groups is 1. The SMILES string of the molecule is C.O=C1CCC2(CCN(Cc3ccc(F)cc3)CC2)Nc2ccccc21.OC1CCC2(CCN(Cc3ccc(F)cc3)CC2)Nc2ccccc21.OC1CCC2(CCN(Cc3ccc(F)cc3)CC2)Nc2ccccc21.O[C@H]1CCC2(CCN(Cc3ccc(F)cc3)CC2)Nc2ccccc21. The van der Waals surface area contributed by atoms with Crippen LogP contribution in [0.1, 0.15) is 178 Å². The average molecular weight is 1380 g/mol. The van der Waals surface area contributed by atoms with E-state index in [1.807, 2.05) is 127 Å². The fraction of sp³-hybridized carbons (Fsp3) is 0.424. The molecule has 8 aromatic rings. The first-order valence-electron chi connectivity index (χ1n) is 36.5. The highest BCUT2D eigenvalue weighted by Crippen LogP contribution is 2.44. The van der Waals surface area contributed by atoms with E-state index in [1.165, 1.54) is 48.5 Å². The number of para-hydroxylation sites is 4. The lowest BCUT2D eigenvalue weighted by molar-refractivity contribution is 0.0964. The number of halogens is 4. The summed E-state index contributed by atoms with van der Waals surface area (Å²) in [5.41, 5.74) is 13.0. The van der Waals surface area contributed by atoms with Crippen molar-refractivity contribution in [3.8, 4) is 0 Å². The molecule has 4 saturated heterocycles. The number of rotatable bonds is 8. The molecule has 16 heteroatoms. The molecule has 2 unspecified atom stereocenters. The zero-order valence-electron chi connectivity index (χ0n) is 57.6. The summed E-state index contributed by atoms with van der Waals surface area (Å²) in [7, 11) is 0. The van der Waals surface area contributed by atoms with E-state index in [4.69, 9.17) is 0 Å². The van der Waals surface area contributed by atoms with E-state index in [2.05, 4.69) is 59.1 Å². The van der Waals surface area contributed by atoms with Crippen LogP contribution < -0.4 is 21.3 Å². The van der Waals surface area contributed by atoms with Crippen molar-refractivity contribution >= 4 is 28.5 Å². The van der Waals surface area contributed by atoms with Crippen LogP contribution in [0.4, 0.5) is 40.3 Å². The quantitative estimate of drug-likeness (QED) is 0.0729. The lowest BCUT2D eigenvalue weighted by atomic mass is 9.83. The highest BCUT2D eigenvalue weighted by molar-refractivity contribution is 6.02. The number of likely N-dealkylation sites (tertiary alicyclic amines) is 4. The molecule has 3 atom stereocenters. The van der Waals surface area contributed by atoms with Crippen molar-refractivity contribution in [2.45, 2.75) is 177 Å². The Hall–Kier alpha value is -7.93. The van der Waals surface area contributed by atoms with Gasteiger partial charge >= 0.3 is 0 Å². The Morgan fingerprint density at radius 2 is 0.554 bits per heavy atom. The Balaban J connectivity index is 0.000000127. The minimum atomic E-state index is -0.375. The summed E-state index contributed by atoms with van der Waals surface area (Å²) >= 11 is 0. The van der Waals surface area contributed by atoms with Gasteiger partial charge in [-0.25, -0.2) is 17.6 Å². The van der Waals surface area contributed by atoms with Crippen LogP contribution >= 0.6 is 0 Å². The molecule has 8 aromatic carbocycles. The number of Topliss-reactive ketones (excluding diaryl/α,β-unsaturated/α-hetero) is 1. The summed E-state index contributed by atoms with van der Waals surface area (Å²) in [6.07, 6.45) is 14.2. The van der Waals surface area contributed by atoms with Gasteiger partial charge in [0, 0.05) is 152 Å². The van der Waals surface area contributed by atoms with Gasteiger partial charge in [0.25, 0.3) is 0 Å². The fourth-order valence-corrected chi connectivity index (χ4v) is 16.6. The topological polar surface area (TPSA) is 139 Å². The molecule has 16 rings (SSSR count). The molecule has 4 fully saturated rings. The highest BCUT2D eigenvalue weighted by atomic mass is 19.1. The summed E-state index contributed by atoms with van der Waals surface area (Å²) < 4.78 is 52.2. The van der Waals surface area contributed by atoms with Crippen LogP contribution in [-0.2, 0) is 26.2 Å². The number of nitrogens with zero attached hydrogens (tertiary/aromatic N) is 4. The molecule has 0 amide bonds. The largest absolute Gasteiger partial charge is 0.388 e. The van der Waals surface area contributed by atoms with Crippen LogP contribution in [0.15, 0.2) is 194 Å². The van der Waals surface area contributed by atoms with Gasteiger partial charge in [0.1, 0.15) is 23.3 Å². The van der Waals surface area contributed by atoms with E-state index in [1.54, 1.807) is 0 Å². The van der Waals surface area contributed by atoms with E-state index in [9.17, 15) is 37.7 Å². The second-order valence-corrected chi connectivity index (χ2v) is 29.6. The molecule has 101 heavy (non-hydrogen) atoms. The number of aliphatic hydroxyl groups excluding tert-OH is 3. The lowest BCUT2D eigenvalue weighted by Gasteiger charge is -2.42. The molecule has 0 saturated carbocycles. The number of benzene rings is 8. The Morgan fingerprint density at radius 1 is 0.317 bits per heavy atom. The molecule has 12 nitrogen and oxygen atoms in total. The number of fused-ring (bicyclic) bond motifs is 4. The van der Waals surface area contributed by atoms with Gasteiger partial charge in [0.05, 0.1) is 18.3 Å². The smallest absolute Gasteiger partial charge is 0.165 e. The molecule has 0 radical (unpaired) electrons. The third-order valence-electron chi connectivity index (χ3n) is 22.8. The minimum Gasteiger partial charge on any atom is -0.388 e. The molecular weight excluding hydrogens is 1270 g/mol. The lowest BCUT2D eigenvalue weighted by Crippen LogP contribution is -2.48. The van der Waals surface area contributed by atoms with Crippen LogP contribution in [-0.4, -0.2) is 115 Å². The van der Waals surface area contributed by atoms with Gasteiger partial charge in [-0.15, -0.1) is 0 Å². The maximum absolute atomic E-state index is 13.1. The minimum absolute atomic E-state index is 0. The zero-order chi connectivity index (χ0) is 69.1. The van der Waals surface area contributed by atoms with Gasteiger partial charge in [-0.2, -0.15) is 0 Å². The van der Waals surface area contributed by atoms with Crippen LogP contribution in [0.3, 0.4) is 0 Å². The standard InChI is InChI=1S/3C21H25FN2O.C21H23FN2O.CH4/c4*22-17-7-5-16(6-8-17)15-24-13-11-21(12-14-24)10-9-20(25)18-3-1-2-4-19(18)23-21;/h3*1-8,20,23,25H,9-15H2;1-8,23H,9-15H2;1H4/t20-;;;;/m0..../s1. The summed E-state index contributed by atoms with van der Waals surface area (Å²) in [5, 5.41) is 46.3. The maximum Gasteiger partial charge on any atom is 0.165 e. The summed E-state index contributed by atoms with van der Waals surface area (Å²) in [5.74, 6) is -0.482. The monoisotopic (exact) mass is 1370 g/mol. The second kappa shape index (κ2) is 33.0. The van der Waals surface area contributed by atoms with Crippen molar-refractivity contribution in [3.05, 3.63) is 262 Å². The van der Waals surface area contributed by atoms with Gasteiger partial charge in [0.2, 0.25) is 0 Å². The Morgan fingerprint density at radius 3 is 0.842 bits per heavy atom. The first kappa shape index (κ1) is 72.8. The van der Waals surface area contributed by atoms with Gasteiger partial charge in [-0.3, -0.25) is 24.4 Å². The number of ketones is 1. The first-order chi connectivity index (χ1) is 48.5. The van der Waals surface area contributed by atoms with Gasteiger partial charge < -0.3 is 36.6 Å². The van der Waals surface area contributed by atoms with Crippen LogP contribution in [0, 0.1) is 23.3 Å². The van der Waals surface area contributed by atoms with Gasteiger partial charge in [0.15, 0.2) is 5.78 Å². The summed E-state index contributed by atoms with van der Waals surface area (Å²) in [6, 6.07) is 59.4. The molecule has 534 valence electrons. The molecule has 0 aromatic heterocycles. The number of hydrogen-bond donors (Lipinski definition) is 7. The second-order valence-electron chi connectivity index (χ2n) is 29.6. The Kier molecular flexibility index (Phi) is 23.8. The van der Waals surface area contributed by atoms with Crippen LogP contribution in [0.2, 0.25) is 0 Å². The third kappa shape index (κ3) is 18.7. The predicted octanol–water partition coefficient (Wildman–Crippen LogP) is 17.2. The van der Waals surface area contributed by atoms with Gasteiger partial charge in [-0.1, -0.05) is 123 Å². The van der Waals surface area contributed by atoms with Crippen LogP contribution in [0.5, 0.6) is 0 Å². The van der Waals surface area contributed by atoms with E-state index in [-0.39, 0.29) is 76.9 Å². The van der Waals surface area contributed by atoms with E-state index in [0.29, 0.717) is 6.42 Å². The number of nitrogens with one attached hydrogen (secondary N) is 4. The van der Waals surface area contributed by atoms with E-state index >= 15 is 0 Å². The number of hydrogen-bond acceptors (Lipinski definition) is 12. The summed E-state index contributed by atoms with van der Waals surface area (Å²) in [6.45, 7) is 11.5. The average Bonchev–Trinajstić information content (AvgIpc) is 1.78. The van der Waals surface area contributed by atoms with Crippen molar-refractivity contribution < 1.29 is 37.7 Å². The van der Waals surface area contributed by atoms with Crippen molar-refractivity contribution in [2.75, 3.05) is 73.6 Å². The molecule has 4 spiro atoms. The fourth-order valence-electron chi connectivity index (χ4n) is 16.6. The van der Waals surface area contributed by atoms with Crippen molar-refractivity contribution in [1.29, 1.82) is 0 Å². The maximum atomic E-state index is 13.1. The van der Waals surface area contributed by atoms with Gasteiger partial charge in [-0.05, 0) is 197 Å². The summed E-state index contributed by atoms with van der Waals surface area (Å²) in [4.78, 5) is 22.1. The molecule has 8 aliphatic rings. The molecule has 0 bridgehead atoms. The first-order valence-corrected chi connectivity index (χ1v) is 36.5. The van der Waals surface area contributed by atoms with Crippen LogP contribution in [0.25, 0.3) is 0 Å². The molecule has 0 aliphatic carbocycles.